The van der Waals surface area contributed by atoms with Gasteiger partial charge in [-0.05, 0) is 24.3 Å². The molecule has 0 unspecified atom stereocenters. The molecule has 1 amide bonds. The van der Waals surface area contributed by atoms with Gasteiger partial charge in [0.1, 0.15) is 5.75 Å². The van der Waals surface area contributed by atoms with E-state index in [1.807, 2.05) is 0 Å². The standard InChI is InChI=1S/C14H14N2O3/c1-16-9-5-7-11(16)13(17)14(18)15-10-6-3-4-8-12(10)19-2/h3-9H,1-2H3,(H,15,18). The molecule has 0 aliphatic heterocycles. The number of carbonyl (C=O) groups is 2. The van der Waals surface area contributed by atoms with E-state index in [9.17, 15) is 9.59 Å². The van der Waals surface area contributed by atoms with Crippen molar-refractivity contribution in [1.82, 2.24) is 4.57 Å². The molecule has 0 spiro atoms. The second-order valence-electron chi connectivity index (χ2n) is 3.99. The summed E-state index contributed by atoms with van der Waals surface area (Å²) in [5.41, 5.74) is 0.810. The Balaban J connectivity index is 2.18. The van der Waals surface area contributed by atoms with Crippen LogP contribution in [0.2, 0.25) is 0 Å². The first-order valence-electron chi connectivity index (χ1n) is 5.73. The van der Waals surface area contributed by atoms with E-state index in [0.717, 1.165) is 0 Å². The van der Waals surface area contributed by atoms with Gasteiger partial charge >= 0.3 is 0 Å². The molecule has 0 atom stereocenters. The van der Waals surface area contributed by atoms with Crippen molar-refractivity contribution in [3.8, 4) is 5.75 Å². The Morgan fingerprint density at radius 3 is 2.53 bits per heavy atom. The lowest BCUT2D eigenvalue weighted by molar-refractivity contribution is -0.112. The maximum absolute atomic E-state index is 12.0. The summed E-state index contributed by atoms with van der Waals surface area (Å²) >= 11 is 0. The number of aryl methyl sites for hydroxylation is 1. The maximum atomic E-state index is 12.0. The quantitative estimate of drug-likeness (QED) is 0.672. The molecule has 1 aromatic carbocycles. The monoisotopic (exact) mass is 258 g/mol. The van der Waals surface area contributed by atoms with Crippen molar-refractivity contribution in [2.75, 3.05) is 12.4 Å². The molecule has 0 fully saturated rings. The van der Waals surface area contributed by atoms with Crippen LogP contribution in [0.4, 0.5) is 5.69 Å². The van der Waals surface area contributed by atoms with Crippen LogP contribution in [0.15, 0.2) is 42.6 Å². The van der Waals surface area contributed by atoms with Crippen LogP contribution in [-0.2, 0) is 11.8 Å². The Kier molecular flexibility index (Phi) is 3.66. The molecule has 1 aromatic heterocycles. The molecule has 5 nitrogen and oxygen atoms in total. The van der Waals surface area contributed by atoms with Gasteiger partial charge in [-0.1, -0.05) is 12.1 Å². The molecular formula is C14H14N2O3. The number of hydrogen-bond acceptors (Lipinski definition) is 3. The van der Waals surface area contributed by atoms with E-state index in [1.165, 1.54) is 7.11 Å². The van der Waals surface area contributed by atoms with E-state index >= 15 is 0 Å². The molecule has 2 rings (SSSR count). The fraction of sp³-hybridized carbons (Fsp3) is 0.143. The van der Waals surface area contributed by atoms with Gasteiger partial charge in [0.2, 0.25) is 0 Å². The van der Waals surface area contributed by atoms with Gasteiger partial charge in [0.05, 0.1) is 18.5 Å². The summed E-state index contributed by atoms with van der Waals surface area (Å²) < 4.78 is 6.71. The third-order valence-corrected chi connectivity index (χ3v) is 2.74. The number of aromatic nitrogens is 1. The lowest BCUT2D eigenvalue weighted by Gasteiger charge is -2.09. The van der Waals surface area contributed by atoms with Gasteiger partial charge in [-0.2, -0.15) is 0 Å². The first-order valence-corrected chi connectivity index (χ1v) is 5.73. The van der Waals surface area contributed by atoms with Crippen molar-refractivity contribution in [1.29, 1.82) is 0 Å². The zero-order valence-corrected chi connectivity index (χ0v) is 10.7. The molecule has 5 heteroatoms. The lowest BCUT2D eigenvalue weighted by atomic mass is 10.2. The molecule has 0 aliphatic carbocycles. The van der Waals surface area contributed by atoms with E-state index in [0.29, 0.717) is 17.1 Å². The number of anilines is 1. The number of Topliss-reactive ketones (excluding diaryl/α,β-unsaturated/α-hetero) is 1. The first kappa shape index (κ1) is 12.9. The van der Waals surface area contributed by atoms with E-state index in [1.54, 1.807) is 54.2 Å². The van der Waals surface area contributed by atoms with Crippen molar-refractivity contribution in [3.05, 3.63) is 48.3 Å². The minimum atomic E-state index is -0.689. The molecule has 0 saturated heterocycles. The molecule has 1 heterocycles. The topological polar surface area (TPSA) is 60.3 Å². The van der Waals surface area contributed by atoms with Crippen molar-refractivity contribution in [2.45, 2.75) is 0 Å². The van der Waals surface area contributed by atoms with Crippen molar-refractivity contribution in [2.24, 2.45) is 7.05 Å². The van der Waals surface area contributed by atoms with Crippen molar-refractivity contribution in [3.63, 3.8) is 0 Å². The zero-order valence-electron chi connectivity index (χ0n) is 10.7. The maximum Gasteiger partial charge on any atom is 0.298 e. The minimum absolute atomic E-state index is 0.340. The van der Waals surface area contributed by atoms with Crippen LogP contribution in [0.5, 0.6) is 5.75 Å². The number of benzene rings is 1. The number of ketones is 1. The fourth-order valence-electron chi connectivity index (χ4n) is 1.74. The Labute approximate surface area is 110 Å². The Hall–Kier alpha value is -2.56. The summed E-state index contributed by atoms with van der Waals surface area (Å²) in [7, 11) is 3.22. The Morgan fingerprint density at radius 2 is 1.89 bits per heavy atom. The number of carbonyl (C=O) groups excluding carboxylic acids is 2. The number of nitrogens with one attached hydrogen (secondary N) is 1. The van der Waals surface area contributed by atoms with Gasteiger partial charge in [-0.25, -0.2) is 0 Å². The lowest BCUT2D eigenvalue weighted by Crippen LogP contribution is -2.24. The van der Waals surface area contributed by atoms with Crippen LogP contribution >= 0.6 is 0 Å². The summed E-state index contributed by atoms with van der Waals surface area (Å²) in [6.07, 6.45) is 1.71. The predicted molar refractivity (Wildman–Crippen MR) is 71.4 cm³/mol. The smallest absolute Gasteiger partial charge is 0.298 e. The van der Waals surface area contributed by atoms with E-state index in [4.69, 9.17) is 4.74 Å². The molecule has 0 bridgehead atoms. The molecular weight excluding hydrogens is 244 g/mol. The Morgan fingerprint density at radius 1 is 1.16 bits per heavy atom. The van der Waals surface area contributed by atoms with Crippen LogP contribution < -0.4 is 10.1 Å². The van der Waals surface area contributed by atoms with Crippen LogP contribution in [-0.4, -0.2) is 23.4 Å². The summed E-state index contributed by atoms with van der Waals surface area (Å²) in [5.74, 6) is -0.764. The summed E-state index contributed by atoms with van der Waals surface area (Å²) in [4.78, 5) is 23.9. The molecule has 0 aliphatic rings. The van der Waals surface area contributed by atoms with Crippen LogP contribution in [0.25, 0.3) is 0 Å². The largest absolute Gasteiger partial charge is 0.495 e. The normalized spacial score (nSPS) is 10.0. The highest BCUT2D eigenvalue weighted by atomic mass is 16.5. The second kappa shape index (κ2) is 5.39. The van der Waals surface area contributed by atoms with Crippen molar-refractivity contribution >= 4 is 17.4 Å². The molecule has 19 heavy (non-hydrogen) atoms. The molecule has 1 N–H and O–H groups in total. The van der Waals surface area contributed by atoms with Gasteiger partial charge < -0.3 is 14.6 Å². The highest BCUT2D eigenvalue weighted by molar-refractivity contribution is 6.46. The van der Waals surface area contributed by atoms with Gasteiger partial charge in [-0.3, -0.25) is 9.59 Å². The predicted octanol–water partition coefficient (Wildman–Crippen LogP) is 1.86. The first-order chi connectivity index (χ1) is 9.13. The molecule has 0 saturated carbocycles. The average Bonchev–Trinajstić information content (AvgIpc) is 2.84. The molecule has 0 radical (unpaired) electrons. The number of ether oxygens (including phenoxy) is 1. The second-order valence-corrected chi connectivity index (χ2v) is 3.99. The minimum Gasteiger partial charge on any atom is -0.495 e. The highest BCUT2D eigenvalue weighted by Gasteiger charge is 2.19. The van der Waals surface area contributed by atoms with E-state index in [-0.39, 0.29) is 0 Å². The number of para-hydroxylation sites is 2. The fourth-order valence-corrected chi connectivity index (χ4v) is 1.74. The van der Waals surface area contributed by atoms with Crippen LogP contribution in [0, 0.1) is 0 Å². The number of hydrogen-bond donors (Lipinski definition) is 1. The van der Waals surface area contributed by atoms with Gasteiger partial charge in [0, 0.05) is 13.2 Å². The zero-order chi connectivity index (χ0) is 13.8. The van der Waals surface area contributed by atoms with Gasteiger partial charge in [0.15, 0.2) is 0 Å². The molecule has 98 valence electrons. The average molecular weight is 258 g/mol. The van der Waals surface area contributed by atoms with Crippen molar-refractivity contribution < 1.29 is 14.3 Å². The highest BCUT2D eigenvalue weighted by Crippen LogP contribution is 2.23. The Bertz CT molecular complexity index is 617. The number of amides is 1. The van der Waals surface area contributed by atoms with E-state index in [2.05, 4.69) is 5.32 Å². The van der Waals surface area contributed by atoms with E-state index < -0.39 is 11.7 Å². The SMILES string of the molecule is COc1ccccc1NC(=O)C(=O)c1cccn1C. The third-order valence-electron chi connectivity index (χ3n) is 2.74. The summed E-state index contributed by atoms with van der Waals surface area (Å²) in [6, 6.07) is 10.2. The van der Waals surface area contributed by atoms with Gasteiger partial charge in [-0.15, -0.1) is 0 Å². The van der Waals surface area contributed by atoms with Crippen LogP contribution in [0.1, 0.15) is 10.5 Å². The number of methoxy groups -OCH3 is 1. The van der Waals surface area contributed by atoms with Gasteiger partial charge in [0.25, 0.3) is 11.7 Å². The molecule has 2 aromatic rings. The van der Waals surface area contributed by atoms with Crippen LogP contribution in [0.3, 0.4) is 0 Å². The number of rotatable bonds is 4. The summed E-state index contributed by atoms with van der Waals surface area (Å²) in [5, 5.41) is 2.55. The number of nitrogens with zero attached hydrogens (tertiary/aromatic N) is 1. The third kappa shape index (κ3) is 2.65. The summed E-state index contributed by atoms with van der Waals surface area (Å²) in [6.45, 7) is 0.